The molecule has 0 unspecified atom stereocenters. The van der Waals surface area contributed by atoms with Gasteiger partial charge in [0.1, 0.15) is 0 Å². The smallest absolute Gasteiger partial charge is 0.243 e. The average Bonchev–Trinajstić information content (AvgIpc) is 3.02. The molecule has 0 spiro atoms. The van der Waals surface area contributed by atoms with Gasteiger partial charge in [-0.3, -0.25) is 4.79 Å². The Bertz CT molecular complexity index is 760. The molecule has 1 aromatic carbocycles. The van der Waals surface area contributed by atoms with E-state index in [1.165, 1.54) is 12.8 Å². The largest absolute Gasteiger partial charge is 0.343 e. The number of carbonyl (C=O) groups is 1. The van der Waals surface area contributed by atoms with Gasteiger partial charge in [0.25, 0.3) is 0 Å². The SMILES string of the molecule is CC1CCC(N(C)C(=O)CCc2ccc(S(=O)(=O)N3CCCCCC3)cc2)CC1. The molecule has 162 valence electrons. The van der Waals surface area contributed by atoms with E-state index in [4.69, 9.17) is 0 Å². The molecule has 0 bridgehead atoms. The summed E-state index contributed by atoms with van der Waals surface area (Å²) in [5, 5.41) is 0. The van der Waals surface area contributed by atoms with Crippen molar-refractivity contribution >= 4 is 15.9 Å². The van der Waals surface area contributed by atoms with Crippen molar-refractivity contribution < 1.29 is 13.2 Å². The first kappa shape index (κ1) is 22.3. The highest BCUT2D eigenvalue weighted by Crippen LogP contribution is 2.27. The van der Waals surface area contributed by atoms with E-state index >= 15 is 0 Å². The lowest BCUT2D eigenvalue weighted by Gasteiger charge is -2.33. The van der Waals surface area contributed by atoms with Crippen LogP contribution in [0.3, 0.4) is 0 Å². The number of sulfonamides is 1. The van der Waals surface area contributed by atoms with Crippen molar-refractivity contribution in [3.8, 4) is 0 Å². The lowest BCUT2D eigenvalue weighted by Crippen LogP contribution is -2.39. The van der Waals surface area contributed by atoms with Gasteiger partial charge in [-0.05, 0) is 68.6 Å². The number of carbonyl (C=O) groups excluding carboxylic acids is 1. The minimum atomic E-state index is -3.41. The highest BCUT2D eigenvalue weighted by Gasteiger charge is 2.26. The maximum atomic E-state index is 12.9. The third-order valence-electron chi connectivity index (χ3n) is 6.68. The first-order valence-corrected chi connectivity index (χ1v) is 12.7. The molecule has 1 aliphatic heterocycles. The van der Waals surface area contributed by atoms with E-state index in [1.807, 2.05) is 24.1 Å². The molecular formula is C23H36N2O3S. The maximum Gasteiger partial charge on any atom is 0.243 e. The summed E-state index contributed by atoms with van der Waals surface area (Å²) in [6, 6.07) is 7.50. The second kappa shape index (κ2) is 10.1. The first-order chi connectivity index (χ1) is 13.9. The lowest BCUT2D eigenvalue weighted by molar-refractivity contribution is -0.132. The van der Waals surface area contributed by atoms with Gasteiger partial charge in [0.15, 0.2) is 0 Å². The van der Waals surface area contributed by atoms with E-state index in [2.05, 4.69) is 6.92 Å². The molecule has 2 fully saturated rings. The van der Waals surface area contributed by atoms with Crippen LogP contribution in [-0.4, -0.2) is 49.7 Å². The Morgan fingerprint density at radius 3 is 2.17 bits per heavy atom. The average molecular weight is 421 g/mol. The molecule has 0 N–H and O–H groups in total. The summed E-state index contributed by atoms with van der Waals surface area (Å²) in [7, 11) is -1.48. The number of hydrogen-bond acceptors (Lipinski definition) is 3. The Morgan fingerprint density at radius 1 is 1.00 bits per heavy atom. The van der Waals surface area contributed by atoms with E-state index in [0.717, 1.165) is 50.0 Å². The summed E-state index contributed by atoms with van der Waals surface area (Å²) in [5.41, 5.74) is 1.01. The van der Waals surface area contributed by atoms with Crippen molar-refractivity contribution in [1.82, 2.24) is 9.21 Å². The number of hydrogen-bond donors (Lipinski definition) is 0. The number of nitrogens with zero attached hydrogens (tertiary/aromatic N) is 2. The van der Waals surface area contributed by atoms with Crippen molar-refractivity contribution in [2.75, 3.05) is 20.1 Å². The highest BCUT2D eigenvalue weighted by atomic mass is 32.2. The highest BCUT2D eigenvalue weighted by molar-refractivity contribution is 7.89. The van der Waals surface area contributed by atoms with Crippen LogP contribution in [0.2, 0.25) is 0 Å². The zero-order chi connectivity index (χ0) is 20.9. The third kappa shape index (κ3) is 5.82. The van der Waals surface area contributed by atoms with Crippen LogP contribution in [0, 0.1) is 5.92 Å². The first-order valence-electron chi connectivity index (χ1n) is 11.2. The minimum Gasteiger partial charge on any atom is -0.343 e. The molecular weight excluding hydrogens is 384 g/mol. The van der Waals surface area contributed by atoms with E-state index in [9.17, 15) is 13.2 Å². The Kier molecular flexibility index (Phi) is 7.74. The van der Waals surface area contributed by atoms with E-state index < -0.39 is 10.0 Å². The second-order valence-corrected chi connectivity index (χ2v) is 10.8. The standard InChI is InChI=1S/C23H36N2O3S/c1-19-7-12-21(13-8-19)24(2)23(26)16-11-20-9-14-22(15-10-20)29(27,28)25-17-5-3-4-6-18-25/h9-10,14-15,19,21H,3-8,11-13,16-18H2,1-2H3. The van der Waals surface area contributed by atoms with Crippen molar-refractivity contribution in [2.45, 2.75) is 82.1 Å². The van der Waals surface area contributed by atoms with Gasteiger partial charge in [0.2, 0.25) is 15.9 Å². The zero-order valence-corrected chi connectivity index (χ0v) is 18.8. The predicted molar refractivity (Wildman–Crippen MR) is 116 cm³/mol. The molecule has 0 aromatic heterocycles. The molecule has 1 amide bonds. The predicted octanol–water partition coefficient (Wildman–Crippen LogP) is 4.22. The van der Waals surface area contributed by atoms with Gasteiger partial charge >= 0.3 is 0 Å². The quantitative estimate of drug-likeness (QED) is 0.692. The molecule has 1 aromatic rings. The topological polar surface area (TPSA) is 57.7 Å². The summed E-state index contributed by atoms with van der Waals surface area (Å²) in [6.45, 7) is 3.52. The number of aryl methyl sites for hydroxylation is 1. The van der Waals surface area contributed by atoms with E-state index in [0.29, 0.717) is 36.9 Å². The molecule has 6 heteroatoms. The normalized spacial score (nSPS) is 24.1. The van der Waals surface area contributed by atoms with Gasteiger partial charge in [-0.1, -0.05) is 31.9 Å². The van der Waals surface area contributed by atoms with Gasteiger partial charge < -0.3 is 4.90 Å². The van der Waals surface area contributed by atoms with Gasteiger partial charge in [-0.15, -0.1) is 0 Å². The van der Waals surface area contributed by atoms with Crippen molar-refractivity contribution in [2.24, 2.45) is 5.92 Å². The lowest BCUT2D eigenvalue weighted by atomic mass is 9.86. The van der Waals surface area contributed by atoms with Crippen LogP contribution in [0.5, 0.6) is 0 Å². The van der Waals surface area contributed by atoms with Crippen molar-refractivity contribution in [3.63, 3.8) is 0 Å². The van der Waals surface area contributed by atoms with Crippen LogP contribution in [0.25, 0.3) is 0 Å². The Hall–Kier alpha value is -1.40. The van der Waals surface area contributed by atoms with Crippen LogP contribution < -0.4 is 0 Å². The van der Waals surface area contributed by atoms with Crippen molar-refractivity contribution in [3.05, 3.63) is 29.8 Å². The second-order valence-electron chi connectivity index (χ2n) is 8.88. The Morgan fingerprint density at radius 2 is 1.59 bits per heavy atom. The molecule has 1 saturated heterocycles. The molecule has 0 radical (unpaired) electrons. The van der Waals surface area contributed by atoms with Crippen LogP contribution >= 0.6 is 0 Å². The number of rotatable bonds is 6. The molecule has 29 heavy (non-hydrogen) atoms. The molecule has 2 aliphatic rings. The summed E-state index contributed by atoms with van der Waals surface area (Å²) in [6.07, 6.45) is 9.82. The number of amides is 1. The fourth-order valence-electron chi connectivity index (χ4n) is 4.52. The van der Waals surface area contributed by atoms with Crippen molar-refractivity contribution in [1.29, 1.82) is 0 Å². The monoisotopic (exact) mass is 420 g/mol. The fraction of sp³-hybridized carbons (Fsp3) is 0.696. The Balaban J connectivity index is 1.54. The molecule has 3 rings (SSSR count). The molecule has 0 atom stereocenters. The van der Waals surface area contributed by atoms with Crippen LogP contribution in [0.1, 0.15) is 70.3 Å². The minimum absolute atomic E-state index is 0.186. The summed E-state index contributed by atoms with van der Waals surface area (Å²) < 4.78 is 27.4. The zero-order valence-electron chi connectivity index (χ0n) is 18.0. The molecule has 1 saturated carbocycles. The summed E-state index contributed by atoms with van der Waals surface area (Å²) in [4.78, 5) is 14.9. The van der Waals surface area contributed by atoms with Crippen LogP contribution in [-0.2, 0) is 21.2 Å². The van der Waals surface area contributed by atoms with E-state index in [1.54, 1.807) is 16.4 Å². The number of benzene rings is 1. The van der Waals surface area contributed by atoms with Gasteiger partial charge in [0.05, 0.1) is 4.90 Å². The van der Waals surface area contributed by atoms with E-state index in [-0.39, 0.29) is 5.91 Å². The Labute approximate surface area is 176 Å². The maximum absolute atomic E-state index is 12.9. The molecule has 5 nitrogen and oxygen atoms in total. The van der Waals surface area contributed by atoms with Gasteiger partial charge in [-0.2, -0.15) is 4.31 Å². The molecule has 1 aliphatic carbocycles. The van der Waals surface area contributed by atoms with Gasteiger partial charge in [0, 0.05) is 32.6 Å². The summed E-state index contributed by atoms with van der Waals surface area (Å²) >= 11 is 0. The fourth-order valence-corrected chi connectivity index (χ4v) is 6.04. The molecule has 1 heterocycles. The van der Waals surface area contributed by atoms with Crippen LogP contribution in [0.15, 0.2) is 29.2 Å². The third-order valence-corrected chi connectivity index (χ3v) is 8.59. The van der Waals surface area contributed by atoms with Gasteiger partial charge in [-0.25, -0.2) is 8.42 Å². The van der Waals surface area contributed by atoms with Crippen LogP contribution in [0.4, 0.5) is 0 Å². The summed E-state index contributed by atoms with van der Waals surface area (Å²) in [5.74, 6) is 0.963.